The molecule has 0 radical (unpaired) electrons. The van der Waals surface area contributed by atoms with Crippen molar-refractivity contribution in [1.29, 1.82) is 0 Å². The Morgan fingerprint density at radius 3 is 2.38 bits per heavy atom. The molecule has 2 aliphatic heterocycles. The van der Waals surface area contributed by atoms with E-state index in [1.165, 1.54) is 0 Å². The van der Waals surface area contributed by atoms with Crippen LogP contribution in [-0.4, -0.2) is 74.5 Å². The van der Waals surface area contributed by atoms with Crippen LogP contribution in [0.5, 0.6) is 5.75 Å². The number of hydrogen-bond acceptors (Lipinski definition) is 5. The van der Waals surface area contributed by atoms with E-state index < -0.39 is 0 Å². The highest BCUT2D eigenvalue weighted by Crippen LogP contribution is 2.18. The summed E-state index contributed by atoms with van der Waals surface area (Å²) in [4.78, 5) is 29.0. The molecular weight excluding hydrogens is 392 g/mol. The van der Waals surface area contributed by atoms with Crippen LogP contribution < -0.4 is 15.4 Å². The number of methoxy groups -OCH3 is 1. The first-order chi connectivity index (χ1) is 13.7. The zero-order valence-corrected chi connectivity index (χ0v) is 18.0. The number of halogens is 1. The van der Waals surface area contributed by atoms with Gasteiger partial charge in [-0.3, -0.25) is 9.59 Å². The van der Waals surface area contributed by atoms with Gasteiger partial charge in [0, 0.05) is 51.6 Å². The monoisotopic (exact) mass is 424 g/mol. The van der Waals surface area contributed by atoms with Crippen LogP contribution in [-0.2, 0) is 16.1 Å². The Morgan fingerprint density at radius 1 is 1.10 bits per heavy atom. The third-order valence-corrected chi connectivity index (χ3v) is 5.70. The van der Waals surface area contributed by atoms with Gasteiger partial charge in [-0.05, 0) is 43.6 Å². The summed E-state index contributed by atoms with van der Waals surface area (Å²) in [6.45, 7) is 6.52. The van der Waals surface area contributed by atoms with E-state index in [4.69, 9.17) is 4.74 Å². The number of benzene rings is 1. The molecule has 1 aromatic carbocycles. The minimum atomic E-state index is 0. The lowest BCUT2D eigenvalue weighted by Gasteiger charge is -2.32. The number of ether oxygens (including phenoxy) is 1. The number of piperazine rings is 1. The van der Waals surface area contributed by atoms with Crippen molar-refractivity contribution in [3.63, 3.8) is 0 Å². The van der Waals surface area contributed by atoms with Gasteiger partial charge in [0.2, 0.25) is 11.8 Å². The van der Waals surface area contributed by atoms with Crippen LogP contribution in [0.1, 0.15) is 24.8 Å². The average Bonchev–Trinajstić information content (AvgIpc) is 2.77. The molecule has 0 aliphatic carbocycles. The van der Waals surface area contributed by atoms with E-state index in [0.29, 0.717) is 13.0 Å². The van der Waals surface area contributed by atoms with E-state index in [9.17, 15) is 9.59 Å². The zero-order valence-electron chi connectivity index (χ0n) is 17.2. The van der Waals surface area contributed by atoms with Crippen molar-refractivity contribution in [2.24, 2.45) is 5.92 Å². The number of nitrogens with one attached hydrogen (secondary N) is 2. The van der Waals surface area contributed by atoms with E-state index in [1.807, 2.05) is 29.2 Å². The Morgan fingerprint density at radius 2 is 1.76 bits per heavy atom. The molecule has 0 spiro atoms. The van der Waals surface area contributed by atoms with Crippen LogP contribution >= 0.6 is 12.4 Å². The number of carbonyl (C=O) groups excluding carboxylic acids is 2. The smallest absolute Gasteiger partial charge is 0.223 e. The average molecular weight is 425 g/mol. The van der Waals surface area contributed by atoms with Gasteiger partial charge < -0.3 is 25.2 Å². The summed E-state index contributed by atoms with van der Waals surface area (Å²) >= 11 is 0. The first kappa shape index (κ1) is 23.4. The van der Waals surface area contributed by atoms with Crippen molar-refractivity contribution in [1.82, 2.24) is 20.4 Å². The summed E-state index contributed by atoms with van der Waals surface area (Å²) in [5.41, 5.74) is 1.07. The Labute approximate surface area is 179 Å². The van der Waals surface area contributed by atoms with Gasteiger partial charge in [0.1, 0.15) is 5.75 Å². The summed E-state index contributed by atoms with van der Waals surface area (Å²) in [7, 11) is 1.64. The molecule has 0 atom stereocenters. The maximum Gasteiger partial charge on any atom is 0.223 e. The van der Waals surface area contributed by atoms with Gasteiger partial charge in [-0.2, -0.15) is 0 Å². The molecule has 0 unspecified atom stereocenters. The number of piperidine rings is 1. The number of rotatable bonds is 7. The van der Waals surface area contributed by atoms with Crippen molar-refractivity contribution in [3.05, 3.63) is 29.8 Å². The Balaban J connectivity index is 0.00000300. The molecule has 1 aromatic rings. The first-order valence-electron chi connectivity index (χ1n) is 10.3. The molecule has 2 amide bonds. The third-order valence-electron chi connectivity index (χ3n) is 5.70. The SMILES string of the molecule is COc1ccc(CNC(=O)C2CCN(CCC(=O)N3CCNCC3)CC2)cc1.Cl. The van der Waals surface area contributed by atoms with Gasteiger partial charge >= 0.3 is 0 Å². The topological polar surface area (TPSA) is 73.9 Å². The lowest BCUT2D eigenvalue weighted by atomic mass is 9.95. The van der Waals surface area contributed by atoms with Crippen molar-refractivity contribution in [3.8, 4) is 5.75 Å². The summed E-state index contributed by atoms with van der Waals surface area (Å²) < 4.78 is 5.15. The molecule has 0 bridgehead atoms. The highest BCUT2D eigenvalue weighted by Gasteiger charge is 2.25. The standard InChI is InChI=1S/C21H32N4O3.ClH/c1-28-19-4-2-17(3-5-19)16-23-21(27)18-6-11-24(12-7-18)13-8-20(26)25-14-9-22-10-15-25;/h2-5,18,22H,6-16H2,1H3,(H,23,27);1H. The Bertz CT molecular complexity index is 642. The molecule has 2 N–H and O–H groups in total. The van der Waals surface area contributed by atoms with E-state index in [2.05, 4.69) is 15.5 Å². The van der Waals surface area contributed by atoms with Gasteiger partial charge in [-0.15, -0.1) is 12.4 Å². The van der Waals surface area contributed by atoms with Crippen molar-refractivity contribution >= 4 is 24.2 Å². The van der Waals surface area contributed by atoms with Crippen molar-refractivity contribution < 1.29 is 14.3 Å². The predicted octanol–water partition coefficient (Wildman–Crippen LogP) is 1.27. The molecule has 7 nitrogen and oxygen atoms in total. The van der Waals surface area contributed by atoms with Crippen LogP contribution in [0.3, 0.4) is 0 Å². The van der Waals surface area contributed by atoms with E-state index in [-0.39, 0.29) is 30.1 Å². The number of hydrogen-bond donors (Lipinski definition) is 2. The highest BCUT2D eigenvalue weighted by atomic mass is 35.5. The molecule has 0 aromatic heterocycles. The zero-order chi connectivity index (χ0) is 19.8. The first-order valence-corrected chi connectivity index (χ1v) is 10.3. The van der Waals surface area contributed by atoms with Gasteiger partial charge in [0.25, 0.3) is 0 Å². The van der Waals surface area contributed by atoms with Gasteiger partial charge in [-0.1, -0.05) is 12.1 Å². The van der Waals surface area contributed by atoms with Crippen LogP contribution in [0.4, 0.5) is 0 Å². The normalized spacial score (nSPS) is 18.0. The fourth-order valence-corrected chi connectivity index (χ4v) is 3.82. The molecule has 2 fully saturated rings. The number of carbonyl (C=O) groups is 2. The number of amides is 2. The summed E-state index contributed by atoms with van der Waals surface area (Å²) in [6, 6.07) is 7.75. The maximum absolute atomic E-state index is 12.5. The number of likely N-dealkylation sites (tertiary alicyclic amines) is 1. The van der Waals surface area contributed by atoms with Gasteiger partial charge in [0.05, 0.1) is 7.11 Å². The summed E-state index contributed by atoms with van der Waals surface area (Å²) in [5, 5.41) is 6.32. The molecule has 0 saturated carbocycles. The fraction of sp³-hybridized carbons (Fsp3) is 0.619. The molecule has 2 heterocycles. The van der Waals surface area contributed by atoms with Gasteiger partial charge in [0.15, 0.2) is 0 Å². The quantitative estimate of drug-likeness (QED) is 0.689. The maximum atomic E-state index is 12.5. The van der Waals surface area contributed by atoms with Crippen LogP contribution in [0, 0.1) is 5.92 Å². The minimum Gasteiger partial charge on any atom is -0.497 e. The molecule has 29 heavy (non-hydrogen) atoms. The van der Waals surface area contributed by atoms with E-state index in [0.717, 1.165) is 70.0 Å². The highest BCUT2D eigenvalue weighted by molar-refractivity contribution is 5.85. The second kappa shape index (κ2) is 12.0. The summed E-state index contributed by atoms with van der Waals surface area (Å²) in [6.07, 6.45) is 2.29. The van der Waals surface area contributed by atoms with Crippen LogP contribution in [0.15, 0.2) is 24.3 Å². The fourth-order valence-electron chi connectivity index (χ4n) is 3.82. The second-order valence-corrected chi connectivity index (χ2v) is 7.56. The molecule has 2 saturated heterocycles. The largest absolute Gasteiger partial charge is 0.497 e. The minimum absolute atomic E-state index is 0. The molecule has 8 heteroatoms. The van der Waals surface area contributed by atoms with Crippen LogP contribution in [0.2, 0.25) is 0 Å². The second-order valence-electron chi connectivity index (χ2n) is 7.56. The van der Waals surface area contributed by atoms with Crippen molar-refractivity contribution in [2.75, 3.05) is 52.9 Å². The molecule has 162 valence electrons. The van der Waals surface area contributed by atoms with Crippen LogP contribution in [0.25, 0.3) is 0 Å². The summed E-state index contributed by atoms with van der Waals surface area (Å²) in [5.74, 6) is 1.27. The Kier molecular flexibility index (Phi) is 9.70. The molecular formula is C21H33ClN4O3. The third kappa shape index (κ3) is 7.17. The lowest BCUT2D eigenvalue weighted by Crippen LogP contribution is -2.47. The Hall–Kier alpha value is -1.83. The molecule has 3 rings (SSSR count). The lowest BCUT2D eigenvalue weighted by molar-refractivity contribution is -0.132. The predicted molar refractivity (Wildman–Crippen MR) is 115 cm³/mol. The molecule has 2 aliphatic rings. The number of nitrogens with zero attached hydrogens (tertiary/aromatic N) is 2. The van der Waals surface area contributed by atoms with E-state index in [1.54, 1.807) is 7.11 Å². The van der Waals surface area contributed by atoms with Crippen molar-refractivity contribution in [2.45, 2.75) is 25.8 Å². The van der Waals surface area contributed by atoms with E-state index >= 15 is 0 Å². The van der Waals surface area contributed by atoms with Gasteiger partial charge in [-0.25, -0.2) is 0 Å².